The molecule has 2 aromatic carbocycles. The number of aromatic nitrogens is 3. The number of hydrogen-bond donors (Lipinski definition) is 0. The zero-order valence-electron chi connectivity index (χ0n) is 20.7. The lowest BCUT2D eigenvalue weighted by atomic mass is 10.2. The predicted octanol–water partition coefficient (Wildman–Crippen LogP) is 4.61. The molecule has 4 aromatic rings. The van der Waals surface area contributed by atoms with Gasteiger partial charge in [-0.15, -0.1) is 0 Å². The normalized spacial score (nSPS) is 15.2. The lowest BCUT2D eigenvalue weighted by molar-refractivity contribution is -0.127. The Kier molecular flexibility index (Phi) is 6.52. The van der Waals surface area contributed by atoms with E-state index in [0.29, 0.717) is 30.0 Å². The number of aryl methyl sites for hydroxylation is 1. The van der Waals surface area contributed by atoms with Crippen LogP contribution < -0.4 is 15.2 Å². The number of rotatable bonds is 7. The number of hydrogen-bond acceptors (Lipinski definition) is 5. The highest BCUT2D eigenvalue weighted by atomic mass is 19.1. The summed E-state index contributed by atoms with van der Waals surface area (Å²) in [6, 6.07) is 11.4. The third-order valence-corrected chi connectivity index (χ3v) is 6.71. The maximum absolute atomic E-state index is 14.5. The lowest BCUT2D eigenvalue weighted by Gasteiger charge is -2.23. The number of methoxy groups -OCH3 is 1. The summed E-state index contributed by atoms with van der Waals surface area (Å²) >= 11 is 0. The highest BCUT2D eigenvalue weighted by Gasteiger charge is 2.29. The van der Waals surface area contributed by atoms with Crippen molar-refractivity contribution >= 4 is 16.9 Å². The van der Waals surface area contributed by atoms with Crippen LogP contribution in [0.5, 0.6) is 17.2 Å². The fourth-order valence-electron chi connectivity index (χ4n) is 4.96. The molecule has 190 valence electrons. The van der Waals surface area contributed by atoms with Crippen LogP contribution in [-0.4, -0.2) is 44.6 Å². The van der Waals surface area contributed by atoms with Gasteiger partial charge in [0.05, 0.1) is 36.1 Å². The second-order valence-electron chi connectivity index (χ2n) is 8.95. The first-order valence-electron chi connectivity index (χ1n) is 12.0. The van der Waals surface area contributed by atoms with Gasteiger partial charge >= 0.3 is 5.69 Å². The molecule has 0 bridgehead atoms. The van der Waals surface area contributed by atoms with Gasteiger partial charge < -0.3 is 14.4 Å². The second kappa shape index (κ2) is 9.93. The molecule has 2 aromatic heterocycles. The minimum atomic E-state index is -0.592. The summed E-state index contributed by atoms with van der Waals surface area (Å²) in [5, 5.41) is 0. The quantitative estimate of drug-likeness (QED) is 0.345. The van der Waals surface area contributed by atoms with Crippen LogP contribution in [0.2, 0.25) is 0 Å². The number of halogens is 1. The first-order chi connectivity index (χ1) is 17.9. The monoisotopic (exact) mass is 502 g/mol. The van der Waals surface area contributed by atoms with Crippen molar-refractivity contribution in [1.29, 1.82) is 0 Å². The molecule has 1 atom stereocenters. The minimum absolute atomic E-state index is 0.0379. The number of carbonyl (C=O) groups excluding carboxylic acids is 1. The topological polar surface area (TPSA) is 78.6 Å². The average Bonchev–Trinajstić information content (AvgIpc) is 3.48. The van der Waals surface area contributed by atoms with Crippen LogP contribution in [0.15, 0.2) is 72.3 Å². The summed E-state index contributed by atoms with van der Waals surface area (Å²) in [7, 11) is 1.39. The van der Waals surface area contributed by atoms with Crippen molar-refractivity contribution in [2.75, 3.05) is 13.7 Å². The number of benzene rings is 2. The molecule has 0 unspecified atom stereocenters. The number of amides is 1. The van der Waals surface area contributed by atoms with E-state index in [1.54, 1.807) is 56.8 Å². The zero-order valence-corrected chi connectivity index (χ0v) is 20.7. The molecule has 8 nitrogen and oxygen atoms in total. The Morgan fingerprint density at radius 2 is 1.95 bits per heavy atom. The number of pyridine rings is 1. The Bertz CT molecular complexity index is 1540. The Morgan fingerprint density at radius 1 is 1.19 bits per heavy atom. The molecule has 3 heterocycles. The molecule has 1 fully saturated rings. The summed E-state index contributed by atoms with van der Waals surface area (Å²) in [4.78, 5) is 32.2. The van der Waals surface area contributed by atoms with Crippen molar-refractivity contribution in [1.82, 2.24) is 19.0 Å². The molecule has 0 aliphatic carbocycles. The van der Waals surface area contributed by atoms with Crippen molar-refractivity contribution in [2.24, 2.45) is 0 Å². The Balaban J connectivity index is 1.51. The number of ether oxygens (including phenoxy) is 2. The van der Waals surface area contributed by atoms with Crippen molar-refractivity contribution in [3.8, 4) is 22.9 Å². The fourth-order valence-corrected chi connectivity index (χ4v) is 4.96. The van der Waals surface area contributed by atoms with Gasteiger partial charge in [0.2, 0.25) is 11.7 Å². The highest BCUT2D eigenvalue weighted by molar-refractivity contribution is 5.87. The molecule has 37 heavy (non-hydrogen) atoms. The number of carbonyl (C=O) groups is 1. The molecule has 0 N–H and O–H groups in total. The van der Waals surface area contributed by atoms with Gasteiger partial charge in [-0.05, 0) is 67.8 Å². The Labute approximate surface area is 213 Å². The van der Waals surface area contributed by atoms with Crippen LogP contribution in [-0.2, 0) is 11.3 Å². The van der Waals surface area contributed by atoms with E-state index in [2.05, 4.69) is 11.6 Å². The SMILES string of the molecule is C=CC(=O)N1CCC[C@@H]1Cn1c(=O)n(-c2ccc(Oc3cccc(OC)c3F)cc2)c2cncc(C)c21. The Morgan fingerprint density at radius 3 is 2.68 bits per heavy atom. The van der Waals surface area contributed by atoms with E-state index in [-0.39, 0.29) is 29.1 Å². The van der Waals surface area contributed by atoms with Crippen LogP contribution in [0.25, 0.3) is 16.7 Å². The Hall–Kier alpha value is -4.40. The van der Waals surface area contributed by atoms with Crippen molar-refractivity contribution in [3.63, 3.8) is 0 Å². The minimum Gasteiger partial charge on any atom is -0.494 e. The van der Waals surface area contributed by atoms with E-state index in [4.69, 9.17) is 9.47 Å². The molecule has 1 saturated heterocycles. The lowest BCUT2D eigenvalue weighted by Crippen LogP contribution is -2.39. The highest BCUT2D eigenvalue weighted by Crippen LogP contribution is 2.31. The summed E-state index contributed by atoms with van der Waals surface area (Å²) in [6.07, 6.45) is 6.41. The van der Waals surface area contributed by atoms with Gasteiger partial charge in [-0.3, -0.25) is 18.9 Å². The van der Waals surface area contributed by atoms with E-state index in [1.807, 2.05) is 6.92 Å². The van der Waals surface area contributed by atoms with Crippen molar-refractivity contribution in [2.45, 2.75) is 32.4 Å². The maximum Gasteiger partial charge on any atom is 0.333 e. The van der Waals surface area contributed by atoms with E-state index >= 15 is 0 Å². The predicted molar refractivity (Wildman–Crippen MR) is 138 cm³/mol. The van der Waals surface area contributed by atoms with E-state index in [1.165, 1.54) is 25.3 Å². The van der Waals surface area contributed by atoms with Crippen LogP contribution in [0.1, 0.15) is 18.4 Å². The summed E-state index contributed by atoms with van der Waals surface area (Å²) in [6.45, 7) is 6.55. The number of imidazole rings is 1. The van der Waals surface area contributed by atoms with Gasteiger partial charge in [0.15, 0.2) is 11.5 Å². The van der Waals surface area contributed by atoms with Gasteiger partial charge in [-0.1, -0.05) is 12.6 Å². The van der Waals surface area contributed by atoms with E-state index < -0.39 is 5.82 Å². The second-order valence-corrected chi connectivity index (χ2v) is 8.95. The van der Waals surface area contributed by atoms with Crippen molar-refractivity contribution < 1.29 is 18.7 Å². The smallest absolute Gasteiger partial charge is 0.333 e. The number of fused-ring (bicyclic) bond motifs is 1. The van der Waals surface area contributed by atoms with Crippen LogP contribution in [0.4, 0.5) is 4.39 Å². The summed E-state index contributed by atoms with van der Waals surface area (Å²) in [5.74, 6) is -0.180. The van der Waals surface area contributed by atoms with Crippen LogP contribution in [0.3, 0.4) is 0 Å². The van der Waals surface area contributed by atoms with E-state index in [9.17, 15) is 14.0 Å². The third-order valence-electron chi connectivity index (χ3n) is 6.71. The molecule has 1 amide bonds. The van der Waals surface area contributed by atoms with Crippen LogP contribution >= 0.6 is 0 Å². The molecular weight excluding hydrogens is 475 g/mol. The van der Waals surface area contributed by atoms with E-state index in [0.717, 1.165) is 23.9 Å². The molecular formula is C28H27FN4O4. The molecule has 0 saturated carbocycles. The standard InChI is InChI=1S/C28H27FN4O4/c1-4-25(34)31-14-6-7-20(31)17-32-27-18(2)15-30-16-22(27)33(28(32)35)19-10-12-21(13-11-19)37-24-9-5-8-23(36-3)26(24)29/h4-5,8-13,15-16,20H,1,6-7,14,17H2,2-3H3/t20-/m1/s1. The van der Waals surface area contributed by atoms with Gasteiger partial charge in [0.1, 0.15) is 5.75 Å². The third kappa shape index (κ3) is 4.37. The maximum atomic E-state index is 14.5. The van der Waals surface area contributed by atoms with Gasteiger partial charge in [0.25, 0.3) is 0 Å². The molecule has 1 aliphatic heterocycles. The summed E-state index contributed by atoms with van der Waals surface area (Å²) < 4.78 is 28.5. The van der Waals surface area contributed by atoms with Gasteiger partial charge in [-0.2, -0.15) is 4.39 Å². The molecule has 9 heteroatoms. The number of likely N-dealkylation sites (tertiary alicyclic amines) is 1. The summed E-state index contributed by atoms with van der Waals surface area (Å²) in [5.41, 5.74) is 2.69. The molecule has 0 radical (unpaired) electrons. The molecule has 5 rings (SSSR count). The van der Waals surface area contributed by atoms with Gasteiger partial charge in [0, 0.05) is 19.3 Å². The fraction of sp³-hybridized carbons (Fsp3) is 0.250. The first-order valence-corrected chi connectivity index (χ1v) is 12.0. The molecule has 0 spiro atoms. The zero-order chi connectivity index (χ0) is 26.1. The van der Waals surface area contributed by atoms with Crippen LogP contribution in [0, 0.1) is 12.7 Å². The first kappa shape index (κ1) is 24.3. The van der Waals surface area contributed by atoms with Crippen molar-refractivity contribution in [3.05, 3.63) is 89.4 Å². The average molecular weight is 503 g/mol. The van der Waals surface area contributed by atoms with Gasteiger partial charge in [-0.25, -0.2) is 4.79 Å². The molecule has 1 aliphatic rings. The number of nitrogens with zero attached hydrogens (tertiary/aromatic N) is 4. The largest absolute Gasteiger partial charge is 0.494 e.